The summed E-state index contributed by atoms with van der Waals surface area (Å²) in [7, 11) is 1.76. The Labute approximate surface area is 147 Å². The lowest BCUT2D eigenvalue weighted by Crippen LogP contribution is -2.39. The molecule has 2 aromatic carbocycles. The van der Waals surface area contributed by atoms with E-state index in [4.69, 9.17) is 0 Å². The number of nitrogens with one attached hydrogen (secondary N) is 3. The number of para-hydroxylation sites is 1. The molecule has 0 saturated carbocycles. The predicted octanol–water partition coefficient (Wildman–Crippen LogP) is 3.26. The highest BCUT2D eigenvalue weighted by Gasteiger charge is 2.03. The van der Waals surface area contributed by atoms with E-state index >= 15 is 0 Å². The minimum Gasteiger partial charge on any atom is -0.361 e. The minimum atomic E-state index is -0.202. The number of H-pyrrole nitrogens is 1. The van der Waals surface area contributed by atoms with Gasteiger partial charge in [-0.3, -0.25) is 4.99 Å². The summed E-state index contributed by atoms with van der Waals surface area (Å²) in [6, 6.07) is 14.9. The van der Waals surface area contributed by atoms with Crippen LogP contribution in [0.15, 0.2) is 59.7 Å². The average molecular weight is 338 g/mol. The van der Waals surface area contributed by atoms with E-state index in [1.807, 2.05) is 18.2 Å². The molecule has 1 aromatic heterocycles. The molecule has 0 bridgehead atoms. The van der Waals surface area contributed by atoms with Crippen molar-refractivity contribution in [1.29, 1.82) is 0 Å². The summed E-state index contributed by atoms with van der Waals surface area (Å²) in [5.41, 5.74) is 3.56. The van der Waals surface area contributed by atoms with Gasteiger partial charge in [0, 0.05) is 37.2 Å². The van der Waals surface area contributed by atoms with Crippen molar-refractivity contribution in [1.82, 2.24) is 15.6 Å². The zero-order valence-corrected chi connectivity index (χ0v) is 14.3. The molecule has 0 radical (unpaired) electrons. The summed E-state index contributed by atoms with van der Waals surface area (Å²) < 4.78 is 12.9. The Morgan fingerprint density at radius 1 is 1.00 bits per heavy atom. The van der Waals surface area contributed by atoms with Gasteiger partial charge in [0.05, 0.1) is 0 Å². The van der Waals surface area contributed by atoms with Crippen molar-refractivity contribution in [3.63, 3.8) is 0 Å². The molecule has 0 aliphatic rings. The van der Waals surface area contributed by atoms with Gasteiger partial charge in [0.25, 0.3) is 0 Å². The van der Waals surface area contributed by atoms with Gasteiger partial charge in [0.1, 0.15) is 5.82 Å². The molecule has 0 fully saturated rings. The third-order valence-corrected chi connectivity index (χ3v) is 4.20. The summed E-state index contributed by atoms with van der Waals surface area (Å²) in [4.78, 5) is 7.54. The summed E-state index contributed by atoms with van der Waals surface area (Å²) in [6.45, 7) is 1.55. The molecule has 0 unspecified atom stereocenters. The summed E-state index contributed by atoms with van der Waals surface area (Å²) in [5.74, 6) is 0.577. The summed E-state index contributed by atoms with van der Waals surface area (Å²) in [6.07, 6.45) is 3.81. The lowest BCUT2D eigenvalue weighted by molar-refractivity contribution is 0.626. The van der Waals surface area contributed by atoms with Crippen molar-refractivity contribution in [2.45, 2.75) is 12.8 Å². The number of aromatic amines is 1. The molecule has 1 heterocycles. The molecule has 4 nitrogen and oxygen atoms in total. The monoisotopic (exact) mass is 338 g/mol. The van der Waals surface area contributed by atoms with Gasteiger partial charge in [-0.15, -0.1) is 0 Å². The van der Waals surface area contributed by atoms with Gasteiger partial charge in [0.2, 0.25) is 0 Å². The Balaban J connectivity index is 1.44. The van der Waals surface area contributed by atoms with Crippen LogP contribution in [0.4, 0.5) is 4.39 Å². The Bertz CT molecular complexity index is 836. The highest BCUT2D eigenvalue weighted by Crippen LogP contribution is 2.17. The number of fused-ring (bicyclic) bond motifs is 1. The third-order valence-electron chi connectivity index (χ3n) is 4.20. The fourth-order valence-corrected chi connectivity index (χ4v) is 2.85. The smallest absolute Gasteiger partial charge is 0.190 e. The number of halogens is 1. The maximum Gasteiger partial charge on any atom is 0.190 e. The van der Waals surface area contributed by atoms with Crippen LogP contribution in [0.25, 0.3) is 10.9 Å². The zero-order valence-electron chi connectivity index (χ0n) is 14.3. The average Bonchev–Trinajstić information content (AvgIpc) is 3.05. The first-order valence-electron chi connectivity index (χ1n) is 8.50. The number of aromatic nitrogens is 1. The first-order chi connectivity index (χ1) is 12.3. The number of aliphatic imine (C=N–C) groups is 1. The molecular formula is C20H23FN4. The van der Waals surface area contributed by atoms with Gasteiger partial charge in [-0.05, 0) is 42.2 Å². The molecule has 130 valence electrons. The van der Waals surface area contributed by atoms with E-state index in [2.05, 4.69) is 45.0 Å². The van der Waals surface area contributed by atoms with Gasteiger partial charge >= 0.3 is 0 Å². The standard InChI is InChI=1S/C20H23FN4/c1-22-20(23-12-10-15-6-8-17(21)9-7-15)24-13-11-16-14-25-19-5-3-2-4-18(16)19/h2-9,14,25H,10-13H2,1H3,(H2,22,23,24). The Morgan fingerprint density at radius 2 is 1.72 bits per heavy atom. The quantitative estimate of drug-likeness (QED) is 0.477. The fraction of sp³-hybridized carbons (Fsp3) is 0.250. The lowest BCUT2D eigenvalue weighted by Gasteiger charge is -2.11. The molecule has 3 N–H and O–H groups in total. The number of rotatable bonds is 6. The number of hydrogen-bond acceptors (Lipinski definition) is 1. The van der Waals surface area contributed by atoms with E-state index in [1.54, 1.807) is 7.05 Å². The number of benzene rings is 2. The normalized spacial score (nSPS) is 11.7. The summed E-state index contributed by atoms with van der Waals surface area (Å²) in [5, 5.41) is 7.89. The van der Waals surface area contributed by atoms with Crippen molar-refractivity contribution in [2.24, 2.45) is 4.99 Å². The molecular weight excluding hydrogens is 315 g/mol. The highest BCUT2D eigenvalue weighted by atomic mass is 19.1. The Hall–Kier alpha value is -2.82. The zero-order chi connectivity index (χ0) is 17.5. The molecule has 0 aliphatic carbocycles. The predicted molar refractivity (Wildman–Crippen MR) is 101 cm³/mol. The molecule has 0 amide bonds. The third kappa shape index (κ3) is 4.59. The second-order valence-electron chi connectivity index (χ2n) is 5.91. The first kappa shape index (κ1) is 17.0. The van der Waals surface area contributed by atoms with Crippen molar-refractivity contribution in [3.8, 4) is 0 Å². The van der Waals surface area contributed by atoms with Gasteiger partial charge in [-0.1, -0.05) is 30.3 Å². The minimum absolute atomic E-state index is 0.202. The van der Waals surface area contributed by atoms with Gasteiger partial charge < -0.3 is 15.6 Å². The van der Waals surface area contributed by atoms with Gasteiger partial charge in [-0.2, -0.15) is 0 Å². The number of guanidine groups is 1. The second-order valence-corrected chi connectivity index (χ2v) is 5.91. The van der Waals surface area contributed by atoms with Crippen LogP contribution >= 0.6 is 0 Å². The van der Waals surface area contributed by atoms with Crippen LogP contribution in [-0.2, 0) is 12.8 Å². The van der Waals surface area contributed by atoms with E-state index in [0.717, 1.165) is 37.5 Å². The van der Waals surface area contributed by atoms with Crippen molar-refractivity contribution in [2.75, 3.05) is 20.1 Å². The molecule has 3 aromatic rings. The van der Waals surface area contributed by atoms with E-state index in [9.17, 15) is 4.39 Å². The van der Waals surface area contributed by atoms with E-state index in [-0.39, 0.29) is 5.82 Å². The van der Waals surface area contributed by atoms with E-state index in [0.29, 0.717) is 0 Å². The maximum atomic E-state index is 12.9. The first-order valence-corrected chi connectivity index (χ1v) is 8.50. The van der Waals surface area contributed by atoms with Crippen molar-refractivity contribution < 1.29 is 4.39 Å². The highest BCUT2D eigenvalue weighted by molar-refractivity contribution is 5.83. The lowest BCUT2D eigenvalue weighted by atomic mass is 10.1. The van der Waals surface area contributed by atoms with E-state index < -0.39 is 0 Å². The van der Waals surface area contributed by atoms with Crippen LogP contribution in [-0.4, -0.2) is 31.1 Å². The molecule has 0 aliphatic heterocycles. The van der Waals surface area contributed by atoms with Crippen LogP contribution < -0.4 is 10.6 Å². The van der Waals surface area contributed by atoms with Crippen LogP contribution in [0, 0.1) is 5.82 Å². The largest absolute Gasteiger partial charge is 0.361 e. The Kier molecular flexibility index (Phi) is 5.67. The molecule has 0 atom stereocenters. The topological polar surface area (TPSA) is 52.2 Å². The van der Waals surface area contributed by atoms with Crippen molar-refractivity contribution >= 4 is 16.9 Å². The van der Waals surface area contributed by atoms with Gasteiger partial charge in [-0.25, -0.2) is 4.39 Å². The molecule has 0 saturated heterocycles. The molecule has 0 spiro atoms. The van der Waals surface area contributed by atoms with Crippen LogP contribution in [0.2, 0.25) is 0 Å². The Morgan fingerprint density at radius 3 is 2.48 bits per heavy atom. The van der Waals surface area contributed by atoms with Crippen LogP contribution in [0.5, 0.6) is 0 Å². The fourth-order valence-electron chi connectivity index (χ4n) is 2.85. The number of nitrogens with zero attached hydrogens (tertiary/aromatic N) is 1. The second kappa shape index (κ2) is 8.33. The maximum absolute atomic E-state index is 12.9. The number of hydrogen-bond donors (Lipinski definition) is 3. The van der Waals surface area contributed by atoms with Gasteiger partial charge in [0.15, 0.2) is 5.96 Å². The van der Waals surface area contributed by atoms with Crippen LogP contribution in [0.1, 0.15) is 11.1 Å². The molecule has 3 rings (SSSR count). The molecule has 5 heteroatoms. The van der Waals surface area contributed by atoms with Crippen molar-refractivity contribution in [3.05, 3.63) is 71.7 Å². The summed E-state index contributed by atoms with van der Waals surface area (Å²) >= 11 is 0. The molecule has 25 heavy (non-hydrogen) atoms. The SMILES string of the molecule is CN=C(NCCc1ccc(F)cc1)NCCc1c[nH]c2ccccc12. The van der Waals surface area contributed by atoms with E-state index in [1.165, 1.54) is 28.6 Å². The van der Waals surface area contributed by atoms with Crippen LogP contribution in [0.3, 0.4) is 0 Å².